The lowest BCUT2D eigenvalue weighted by Gasteiger charge is -2.10. The Hall–Kier alpha value is -2.00. The maximum atomic E-state index is 11.7. The summed E-state index contributed by atoms with van der Waals surface area (Å²) in [7, 11) is 0. The van der Waals surface area contributed by atoms with E-state index in [1.807, 2.05) is 49.4 Å². The van der Waals surface area contributed by atoms with Crippen molar-refractivity contribution >= 4 is 23.2 Å². The molecule has 0 aliphatic rings. The predicted molar refractivity (Wildman–Crippen MR) is 76.8 cm³/mol. The molecule has 0 fully saturated rings. The fourth-order valence-corrected chi connectivity index (χ4v) is 1.93. The van der Waals surface area contributed by atoms with Crippen LogP contribution in [0.25, 0.3) is 0 Å². The van der Waals surface area contributed by atoms with E-state index in [1.54, 1.807) is 6.07 Å². The fourth-order valence-electron chi connectivity index (χ4n) is 1.66. The van der Waals surface area contributed by atoms with Crippen LogP contribution in [-0.2, 0) is 4.79 Å². The van der Waals surface area contributed by atoms with Crippen molar-refractivity contribution in [3.8, 4) is 5.75 Å². The highest BCUT2D eigenvalue weighted by molar-refractivity contribution is 6.32. The Morgan fingerprint density at radius 3 is 2.58 bits per heavy atom. The Balaban J connectivity index is 1.94. The summed E-state index contributed by atoms with van der Waals surface area (Å²) >= 11 is 6.02. The number of anilines is 1. The van der Waals surface area contributed by atoms with Crippen molar-refractivity contribution in [1.82, 2.24) is 0 Å². The van der Waals surface area contributed by atoms with Gasteiger partial charge in [-0.15, -0.1) is 0 Å². The smallest absolute Gasteiger partial charge is 0.262 e. The van der Waals surface area contributed by atoms with Crippen LogP contribution in [0.3, 0.4) is 0 Å². The highest BCUT2D eigenvalue weighted by atomic mass is 35.5. The molecule has 2 rings (SSSR count). The second kappa shape index (κ2) is 6.25. The minimum atomic E-state index is -0.217. The van der Waals surface area contributed by atoms with Crippen molar-refractivity contribution in [2.75, 3.05) is 11.9 Å². The van der Waals surface area contributed by atoms with Crippen molar-refractivity contribution in [1.29, 1.82) is 0 Å². The van der Waals surface area contributed by atoms with Gasteiger partial charge in [0.2, 0.25) is 0 Å². The Kier molecular flexibility index (Phi) is 4.42. The summed E-state index contributed by atoms with van der Waals surface area (Å²) in [6.07, 6.45) is 0. The van der Waals surface area contributed by atoms with Crippen molar-refractivity contribution in [3.05, 3.63) is 59.1 Å². The van der Waals surface area contributed by atoms with Gasteiger partial charge in [0.1, 0.15) is 5.75 Å². The minimum Gasteiger partial charge on any atom is -0.482 e. The Morgan fingerprint density at radius 1 is 1.16 bits per heavy atom. The van der Waals surface area contributed by atoms with Crippen molar-refractivity contribution in [3.63, 3.8) is 0 Å². The van der Waals surface area contributed by atoms with Gasteiger partial charge >= 0.3 is 0 Å². The quantitative estimate of drug-likeness (QED) is 0.925. The topological polar surface area (TPSA) is 38.3 Å². The summed E-state index contributed by atoms with van der Waals surface area (Å²) in [5.41, 5.74) is 1.65. The van der Waals surface area contributed by atoms with Gasteiger partial charge in [0.15, 0.2) is 6.61 Å². The molecule has 0 aromatic heterocycles. The number of hydrogen-bond donors (Lipinski definition) is 1. The van der Waals surface area contributed by atoms with Gasteiger partial charge < -0.3 is 10.1 Å². The zero-order chi connectivity index (χ0) is 13.7. The number of benzene rings is 2. The molecular formula is C15H14ClNO2. The van der Waals surface area contributed by atoms with E-state index in [1.165, 1.54) is 0 Å². The first kappa shape index (κ1) is 13.4. The largest absolute Gasteiger partial charge is 0.482 e. The average Bonchev–Trinajstić information content (AvgIpc) is 2.39. The summed E-state index contributed by atoms with van der Waals surface area (Å²) in [5, 5.41) is 3.25. The van der Waals surface area contributed by atoms with E-state index in [0.717, 1.165) is 11.3 Å². The standard InChI is InChI=1S/C15H14ClNO2/c1-11-6-5-9-13(16)15(11)19-10-14(18)17-12-7-3-2-4-8-12/h2-9H,10H2,1H3,(H,17,18). The maximum Gasteiger partial charge on any atom is 0.262 e. The van der Waals surface area contributed by atoms with Crippen LogP contribution in [0, 0.1) is 6.92 Å². The van der Waals surface area contributed by atoms with E-state index in [2.05, 4.69) is 5.32 Å². The van der Waals surface area contributed by atoms with E-state index in [4.69, 9.17) is 16.3 Å². The highest BCUT2D eigenvalue weighted by Crippen LogP contribution is 2.27. The lowest BCUT2D eigenvalue weighted by molar-refractivity contribution is -0.118. The molecule has 0 bridgehead atoms. The molecule has 4 heteroatoms. The van der Waals surface area contributed by atoms with Crippen molar-refractivity contribution in [2.45, 2.75) is 6.92 Å². The molecule has 0 heterocycles. The molecular weight excluding hydrogens is 262 g/mol. The van der Waals surface area contributed by atoms with Crippen LogP contribution in [-0.4, -0.2) is 12.5 Å². The van der Waals surface area contributed by atoms with E-state index >= 15 is 0 Å². The van der Waals surface area contributed by atoms with Gasteiger partial charge in [-0.25, -0.2) is 0 Å². The predicted octanol–water partition coefficient (Wildman–Crippen LogP) is 3.67. The zero-order valence-electron chi connectivity index (χ0n) is 10.5. The summed E-state index contributed by atoms with van der Waals surface area (Å²) in [6.45, 7) is 1.82. The summed E-state index contributed by atoms with van der Waals surface area (Å²) < 4.78 is 5.46. The first-order valence-electron chi connectivity index (χ1n) is 5.89. The van der Waals surface area contributed by atoms with Gasteiger partial charge in [-0.2, -0.15) is 0 Å². The average molecular weight is 276 g/mol. The van der Waals surface area contributed by atoms with Crippen LogP contribution in [0.5, 0.6) is 5.75 Å². The second-order valence-electron chi connectivity index (χ2n) is 4.09. The molecule has 0 spiro atoms. The van der Waals surface area contributed by atoms with Crippen molar-refractivity contribution < 1.29 is 9.53 Å². The number of aryl methyl sites for hydroxylation is 1. The first-order valence-corrected chi connectivity index (χ1v) is 6.27. The van der Waals surface area contributed by atoms with Gasteiger partial charge in [-0.05, 0) is 30.7 Å². The molecule has 0 saturated heterocycles. The summed E-state index contributed by atoms with van der Waals surface area (Å²) in [4.78, 5) is 11.7. The Bertz CT molecular complexity index is 549. The number of amides is 1. The number of hydrogen-bond acceptors (Lipinski definition) is 2. The van der Waals surface area contributed by atoms with Gasteiger partial charge in [0.25, 0.3) is 5.91 Å². The number of ether oxygens (including phenoxy) is 1. The van der Waals surface area contributed by atoms with Crippen LogP contribution >= 0.6 is 11.6 Å². The van der Waals surface area contributed by atoms with Gasteiger partial charge in [-0.3, -0.25) is 4.79 Å². The molecule has 3 nitrogen and oxygen atoms in total. The molecule has 2 aromatic carbocycles. The third kappa shape index (κ3) is 3.73. The lowest BCUT2D eigenvalue weighted by Crippen LogP contribution is -2.20. The number of para-hydroxylation sites is 2. The highest BCUT2D eigenvalue weighted by Gasteiger charge is 2.08. The molecule has 0 atom stereocenters. The lowest BCUT2D eigenvalue weighted by atomic mass is 10.2. The van der Waals surface area contributed by atoms with E-state index in [0.29, 0.717) is 10.8 Å². The Labute approximate surface area is 117 Å². The third-order valence-electron chi connectivity index (χ3n) is 2.57. The Morgan fingerprint density at radius 2 is 1.89 bits per heavy atom. The molecule has 0 radical (unpaired) electrons. The maximum absolute atomic E-state index is 11.7. The van der Waals surface area contributed by atoms with E-state index < -0.39 is 0 Å². The van der Waals surface area contributed by atoms with Crippen molar-refractivity contribution in [2.24, 2.45) is 0 Å². The number of halogens is 1. The normalized spacial score (nSPS) is 10.0. The molecule has 2 aromatic rings. The van der Waals surface area contributed by atoms with Crippen LogP contribution in [0.1, 0.15) is 5.56 Å². The zero-order valence-corrected chi connectivity index (χ0v) is 11.3. The first-order chi connectivity index (χ1) is 9.16. The summed E-state index contributed by atoms with van der Waals surface area (Å²) in [6, 6.07) is 14.7. The molecule has 98 valence electrons. The van der Waals surface area contributed by atoms with Gasteiger partial charge in [0.05, 0.1) is 5.02 Å². The molecule has 0 aliphatic carbocycles. The van der Waals surface area contributed by atoms with Crippen LogP contribution < -0.4 is 10.1 Å². The van der Waals surface area contributed by atoms with Crippen LogP contribution in [0.2, 0.25) is 5.02 Å². The van der Waals surface area contributed by atoms with E-state index in [-0.39, 0.29) is 12.5 Å². The van der Waals surface area contributed by atoms with Crippen LogP contribution in [0.15, 0.2) is 48.5 Å². The van der Waals surface area contributed by atoms with Gasteiger partial charge in [-0.1, -0.05) is 41.9 Å². The summed E-state index contributed by atoms with van der Waals surface area (Å²) in [5.74, 6) is 0.331. The molecule has 1 amide bonds. The molecule has 0 saturated carbocycles. The number of nitrogens with one attached hydrogen (secondary N) is 1. The molecule has 1 N–H and O–H groups in total. The number of carbonyl (C=O) groups is 1. The second-order valence-corrected chi connectivity index (χ2v) is 4.50. The molecule has 0 aliphatic heterocycles. The fraction of sp³-hybridized carbons (Fsp3) is 0.133. The third-order valence-corrected chi connectivity index (χ3v) is 2.87. The minimum absolute atomic E-state index is 0.0700. The van der Waals surface area contributed by atoms with E-state index in [9.17, 15) is 4.79 Å². The number of carbonyl (C=O) groups excluding carboxylic acids is 1. The number of rotatable bonds is 4. The SMILES string of the molecule is Cc1cccc(Cl)c1OCC(=O)Nc1ccccc1. The van der Waals surface area contributed by atoms with Gasteiger partial charge in [0, 0.05) is 5.69 Å². The monoisotopic (exact) mass is 275 g/mol. The molecule has 19 heavy (non-hydrogen) atoms. The van der Waals surface area contributed by atoms with Crippen LogP contribution in [0.4, 0.5) is 5.69 Å². The molecule has 0 unspecified atom stereocenters.